The Morgan fingerprint density at radius 2 is 2.04 bits per heavy atom. The molecular formula is C19H24N2O4. The number of benzene rings is 2. The zero-order chi connectivity index (χ0) is 20.9. The Kier molecular flexibility index (Phi) is 5.34. The minimum Gasteiger partial charge on any atom is -0.506 e. The molecule has 0 aromatic heterocycles. The van der Waals surface area contributed by atoms with Crippen LogP contribution < -0.4 is 15.4 Å². The summed E-state index contributed by atoms with van der Waals surface area (Å²) in [5.41, 5.74) is 0.788. The molecule has 0 radical (unpaired) electrons. The predicted octanol–water partition coefficient (Wildman–Crippen LogP) is 2.22. The summed E-state index contributed by atoms with van der Waals surface area (Å²) in [4.78, 5) is 10.6. The Bertz CT molecular complexity index is 813. The van der Waals surface area contributed by atoms with Gasteiger partial charge < -0.3 is 25.6 Å². The molecule has 2 aromatic rings. The first-order valence-corrected chi connectivity index (χ1v) is 7.77. The number of hydrogen-bond acceptors (Lipinski definition) is 5. The molecule has 25 heavy (non-hydrogen) atoms. The number of phenols is 1. The summed E-state index contributed by atoms with van der Waals surface area (Å²) in [6.07, 6.45) is -1.87. The lowest BCUT2D eigenvalue weighted by atomic mass is 10.1. The highest BCUT2D eigenvalue weighted by atomic mass is 16.5. The van der Waals surface area contributed by atoms with Crippen molar-refractivity contribution in [3.05, 3.63) is 53.6 Å². The fourth-order valence-corrected chi connectivity index (χ4v) is 2.29. The number of amides is 1. The predicted molar refractivity (Wildman–Crippen MR) is 96.9 cm³/mol. The Morgan fingerprint density at radius 1 is 1.32 bits per heavy atom. The minimum atomic E-state index is -2.67. The number of nitrogens with one attached hydrogen (secondary N) is 2. The molecule has 2 aromatic carbocycles. The Morgan fingerprint density at radius 3 is 2.68 bits per heavy atom. The van der Waals surface area contributed by atoms with E-state index < -0.39 is 18.6 Å². The van der Waals surface area contributed by atoms with Crippen molar-refractivity contribution in [3.8, 4) is 11.5 Å². The topological polar surface area (TPSA) is 90.8 Å². The fourth-order valence-electron chi connectivity index (χ4n) is 2.29. The number of hydrogen-bond donors (Lipinski definition) is 4. The summed E-state index contributed by atoms with van der Waals surface area (Å²) in [6.45, 7) is -0.775. The van der Waals surface area contributed by atoms with Crippen LogP contribution in [0.15, 0.2) is 42.5 Å². The number of rotatable bonds is 9. The first kappa shape index (κ1) is 14.7. The van der Waals surface area contributed by atoms with E-state index >= 15 is 0 Å². The molecule has 0 saturated carbocycles. The van der Waals surface area contributed by atoms with Gasteiger partial charge in [-0.3, -0.25) is 4.79 Å². The van der Waals surface area contributed by atoms with Gasteiger partial charge >= 0.3 is 0 Å². The van der Waals surface area contributed by atoms with Crippen LogP contribution in [0.5, 0.6) is 11.5 Å². The first-order chi connectivity index (χ1) is 13.1. The van der Waals surface area contributed by atoms with E-state index in [1.807, 2.05) is 12.1 Å². The third-order valence-corrected chi connectivity index (χ3v) is 3.62. The molecule has 0 bridgehead atoms. The van der Waals surface area contributed by atoms with Gasteiger partial charge in [-0.15, -0.1) is 0 Å². The highest BCUT2D eigenvalue weighted by molar-refractivity contribution is 5.75. The number of anilines is 1. The van der Waals surface area contributed by atoms with E-state index in [2.05, 4.69) is 10.6 Å². The molecule has 0 aliphatic carbocycles. The molecule has 6 heteroatoms. The minimum absolute atomic E-state index is 0.0275. The summed E-state index contributed by atoms with van der Waals surface area (Å²) in [5.74, 6) is 0.459. The normalized spacial score (nSPS) is 16.7. The van der Waals surface area contributed by atoms with Crippen LogP contribution in [-0.2, 0) is 11.2 Å². The van der Waals surface area contributed by atoms with Crippen molar-refractivity contribution in [1.29, 1.82) is 0 Å². The zero-order valence-corrected chi connectivity index (χ0v) is 14.1. The average Bonchev–Trinajstić information content (AvgIpc) is 2.63. The van der Waals surface area contributed by atoms with Crippen LogP contribution in [0.3, 0.4) is 0 Å². The maximum Gasteiger partial charge on any atom is 0.211 e. The highest BCUT2D eigenvalue weighted by Crippen LogP contribution is 2.26. The van der Waals surface area contributed by atoms with E-state index in [4.69, 9.17) is 8.85 Å². The summed E-state index contributed by atoms with van der Waals surface area (Å²) in [5, 5.41) is 25.2. The average molecular weight is 347 g/mol. The molecule has 6 nitrogen and oxygen atoms in total. The van der Waals surface area contributed by atoms with Crippen LogP contribution in [0, 0.1) is 0 Å². The molecule has 4 N–H and O–H groups in total. The zero-order valence-electron chi connectivity index (χ0n) is 17.1. The van der Waals surface area contributed by atoms with Gasteiger partial charge in [0.25, 0.3) is 0 Å². The van der Waals surface area contributed by atoms with E-state index in [0.717, 1.165) is 11.6 Å². The molecule has 0 unspecified atom stereocenters. The van der Waals surface area contributed by atoms with E-state index in [9.17, 15) is 15.0 Å². The van der Waals surface area contributed by atoms with E-state index in [1.165, 1.54) is 12.1 Å². The molecular weight excluding hydrogens is 320 g/mol. The number of phenolic OH excluding ortho intramolecular Hbond substituents is 1. The second-order valence-electron chi connectivity index (χ2n) is 5.57. The molecule has 1 amide bonds. The third kappa shape index (κ3) is 5.48. The molecule has 0 fully saturated rings. The largest absolute Gasteiger partial charge is 0.506 e. The second-order valence-corrected chi connectivity index (χ2v) is 5.57. The number of aliphatic hydroxyl groups is 1. The molecule has 134 valence electrons. The van der Waals surface area contributed by atoms with Crippen LogP contribution in [0.2, 0.25) is 0 Å². The molecule has 0 aliphatic heterocycles. The molecule has 0 saturated heterocycles. The van der Waals surface area contributed by atoms with Crippen molar-refractivity contribution in [3.63, 3.8) is 0 Å². The number of methoxy groups -OCH3 is 1. The quantitative estimate of drug-likeness (QED) is 0.412. The number of ether oxygens (including phenoxy) is 1. The Labute approximate surface area is 151 Å². The first-order valence-electron chi connectivity index (χ1n) is 9.27. The maximum absolute atomic E-state index is 10.6. The number of aromatic hydroxyl groups is 1. The van der Waals surface area contributed by atoms with Crippen LogP contribution in [0.25, 0.3) is 0 Å². The van der Waals surface area contributed by atoms with Crippen molar-refractivity contribution in [1.82, 2.24) is 5.32 Å². The van der Waals surface area contributed by atoms with Crippen molar-refractivity contribution < 1.29 is 23.9 Å². The Balaban J connectivity index is 2.16. The van der Waals surface area contributed by atoms with E-state index in [1.54, 1.807) is 26.2 Å². The summed E-state index contributed by atoms with van der Waals surface area (Å²) >= 11 is 0. The maximum atomic E-state index is 10.6. The standard InChI is InChI=1S/C19H24N2O4/c1-13(9-14-3-6-16(25-2)7-4-14)20-11-19(24)15-5-8-18(23)17(10-15)21-12-22/h3-8,10,12-13,19-20,23-24H,9,11H2,1-2H3,(H,21,22)/t13-,19+/m1/s1/i11D2,19D. The van der Waals surface area contributed by atoms with Crippen molar-refractivity contribution >= 4 is 12.1 Å². The monoisotopic (exact) mass is 347 g/mol. The third-order valence-electron chi connectivity index (χ3n) is 3.62. The van der Waals surface area contributed by atoms with Gasteiger partial charge in [0, 0.05) is 15.3 Å². The lowest BCUT2D eigenvalue weighted by Crippen LogP contribution is -2.32. The summed E-state index contributed by atoms with van der Waals surface area (Å²) in [7, 11) is 1.57. The van der Waals surface area contributed by atoms with Crippen molar-refractivity contribution in [2.75, 3.05) is 18.9 Å². The van der Waals surface area contributed by atoms with Crippen LogP contribution >= 0.6 is 0 Å². The lowest BCUT2D eigenvalue weighted by Gasteiger charge is -2.18. The SMILES string of the molecule is [2H]C([2H])(N[C@H](C)Cc1ccc(OC)cc1)[C@]([2H])(O)c1ccc(O)c(NC=O)c1. The fraction of sp³-hybridized carbons (Fsp3) is 0.316. The van der Waals surface area contributed by atoms with Gasteiger partial charge in [0.1, 0.15) is 11.5 Å². The van der Waals surface area contributed by atoms with Crippen molar-refractivity contribution in [2.24, 2.45) is 0 Å². The molecule has 2 rings (SSSR count). The highest BCUT2D eigenvalue weighted by Gasteiger charge is 2.12. The van der Waals surface area contributed by atoms with Gasteiger partial charge in [-0.25, -0.2) is 0 Å². The van der Waals surface area contributed by atoms with Gasteiger partial charge in [-0.05, 0) is 48.7 Å². The van der Waals surface area contributed by atoms with E-state index in [0.29, 0.717) is 18.6 Å². The molecule has 0 spiro atoms. The van der Waals surface area contributed by atoms with Gasteiger partial charge in [-0.1, -0.05) is 18.2 Å². The molecule has 2 atom stereocenters. The van der Waals surface area contributed by atoms with Crippen LogP contribution in [0.1, 0.15) is 28.2 Å². The smallest absolute Gasteiger partial charge is 0.211 e. The van der Waals surface area contributed by atoms with Gasteiger partial charge in [0.2, 0.25) is 6.41 Å². The van der Waals surface area contributed by atoms with Crippen LogP contribution in [-0.4, -0.2) is 36.3 Å². The summed E-state index contributed by atoms with van der Waals surface area (Å²) in [6, 6.07) is 10.5. The summed E-state index contributed by atoms with van der Waals surface area (Å²) < 4.78 is 29.7. The Hall–Kier alpha value is -2.57. The van der Waals surface area contributed by atoms with Crippen LogP contribution in [0.4, 0.5) is 5.69 Å². The molecule has 0 heterocycles. The van der Waals surface area contributed by atoms with Gasteiger partial charge in [0.05, 0.1) is 20.2 Å². The lowest BCUT2D eigenvalue weighted by molar-refractivity contribution is -0.105. The number of carbonyl (C=O) groups excluding carboxylic acids is 1. The second kappa shape index (κ2) is 9.05. The van der Waals surface area contributed by atoms with Gasteiger partial charge in [0.15, 0.2) is 0 Å². The van der Waals surface area contributed by atoms with E-state index in [-0.39, 0.29) is 17.0 Å². The number of carbonyl (C=O) groups is 1. The molecule has 0 aliphatic rings. The van der Waals surface area contributed by atoms with Crippen molar-refractivity contribution in [2.45, 2.75) is 25.5 Å². The van der Waals surface area contributed by atoms with Gasteiger partial charge in [-0.2, -0.15) is 0 Å².